The van der Waals surface area contributed by atoms with Crippen molar-refractivity contribution in [2.24, 2.45) is 0 Å². The number of benzene rings is 2. The van der Waals surface area contributed by atoms with Crippen molar-refractivity contribution in [3.63, 3.8) is 0 Å². The quantitative estimate of drug-likeness (QED) is 0.389. The standard InChI is InChI=1S/C28H46O3Si2/c1-27(2,3)32(7,8)31-24(16-15-22-29)21-23-30-33(28(4,5)6,25-17-11-9-12-18-25)26-19-13-10-14-20-26/h9-14,17-20,24,29H,15-16,21-23H2,1-8H3. The lowest BCUT2D eigenvalue weighted by Crippen LogP contribution is -2.66. The Morgan fingerprint density at radius 2 is 1.24 bits per heavy atom. The zero-order chi connectivity index (χ0) is 24.8. The maximum absolute atomic E-state index is 9.46. The Hall–Kier alpha value is -1.25. The molecule has 0 amide bonds. The maximum Gasteiger partial charge on any atom is 0.261 e. The minimum Gasteiger partial charge on any atom is -0.414 e. The molecule has 0 saturated carbocycles. The highest BCUT2D eigenvalue weighted by Gasteiger charge is 2.50. The molecule has 2 aromatic rings. The van der Waals surface area contributed by atoms with Gasteiger partial charge in [-0.25, -0.2) is 0 Å². The van der Waals surface area contributed by atoms with Gasteiger partial charge in [0.1, 0.15) is 0 Å². The molecule has 2 aromatic carbocycles. The van der Waals surface area contributed by atoms with Crippen molar-refractivity contribution in [1.82, 2.24) is 0 Å². The molecule has 33 heavy (non-hydrogen) atoms. The first kappa shape index (κ1) is 28.0. The van der Waals surface area contributed by atoms with E-state index in [9.17, 15) is 5.11 Å². The molecule has 0 spiro atoms. The van der Waals surface area contributed by atoms with Crippen molar-refractivity contribution >= 4 is 27.0 Å². The van der Waals surface area contributed by atoms with Gasteiger partial charge in [0.25, 0.3) is 8.32 Å². The molecule has 184 valence electrons. The predicted molar refractivity (Wildman–Crippen MR) is 147 cm³/mol. The van der Waals surface area contributed by atoms with Crippen LogP contribution in [0.15, 0.2) is 60.7 Å². The van der Waals surface area contributed by atoms with Gasteiger partial charge in [0.2, 0.25) is 0 Å². The Morgan fingerprint density at radius 3 is 1.64 bits per heavy atom. The van der Waals surface area contributed by atoms with Gasteiger partial charge in [0.05, 0.1) is 0 Å². The van der Waals surface area contributed by atoms with E-state index in [2.05, 4.69) is 115 Å². The first-order chi connectivity index (χ1) is 15.3. The number of aliphatic hydroxyl groups is 1. The van der Waals surface area contributed by atoms with Crippen LogP contribution in [0.3, 0.4) is 0 Å². The van der Waals surface area contributed by atoms with Crippen LogP contribution in [0.5, 0.6) is 0 Å². The Morgan fingerprint density at radius 1 is 0.758 bits per heavy atom. The molecule has 0 aliphatic rings. The van der Waals surface area contributed by atoms with Crippen LogP contribution < -0.4 is 10.4 Å². The summed E-state index contributed by atoms with van der Waals surface area (Å²) in [6.07, 6.45) is 2.58. The minimum absolute atomic E-state index is 0.0312. The van der Waals surface area contributed by atoms with Gasteiger partial charge >= 0.3 is 0 Å². The Kier molecular flexibility index (Phi) is 9.72. The summed E-state index contributed by atoms with van der Waals surface area (Å²) in [6, 6.07) is 21.6. The summed E-state index contributed by atoms with van der Waals surface area (Å²) >= 11 is 0. The van der Waals surface area contributed by atoms with E-state index in [1.54, 1.807) is 0 Å². The van der Waals surface area contributed by atoms with E-state index in [0.717, 1.165) is 19.3 Å². The SMILES string of the molecule is CC(C)(C)[Si](C)(C)OC(CCCO)CCO[Si](c1ccccc1)(c1ccccc1)C(C)(C)C. The highest BCUT2D eigenvalue weighted by Crippen LogP contribution is 2.39. The topological polar surface area (TPSA) is 38.7 Å². The third-order valence-corrected chi connectivity index (χ3v) is 16.7. The summed E-state index contributed by atoms with van der Waals surface area (Å²) in [5.74, 6) is 0. The van der Waals surface area contributed by atoms with Crippen LogP contribution in [0, 0.1) is 0 Å². The molecule has 0 heterocycles. The highest BCUT2D eigenvalue weighted by atomic mass is 28.4. The van der Waals surface area contributed by atoms with Gasteiger partial charge in [-0.05, 0) is 52.8 Å². The van der Waals surface area contributed by atoms with Gasteiger partial charge in [0, 0.05) is 19.3 Å². The second kappa shape index (κ2) is 11.5. The Bertz CT molecular complexity index is 784. The summed E-state index contributed by atoms with van der Waals surface area (Å²) < 4.78 is 13.9. The fourth-order valence-electron chi connectivity index (χ4n) is 4.28. The van der Waals surface area contributed by atoms with Crippen molar-refractivity contribution in [3.8, 4) is 0 Å². The number of hydrogen-bond donors (Lipinski definition) is 1. The molecule has 0 aliphatic carbocycles. The van der Waals surface area contributed by atoms with Crippen LogP contribution in [-0.4, -0.2) is 41.1 Å². The monoisotopic (exact) mass is 486 g/mol. The molecule has 1 unspecified atom stereocenters. The maximum atomic E-state index is 9.46. The summed E-state index contributed by atoms with van der Waals surface area (Å²) in [6.45, 7) is 19.2. The van der Waals surface area contributed by atoms with Crippen molar-refractivity contribution in [2.75, 3.05) is 13.2 Å². The van der Waals surface area contributed by atoms with Crippen LogP contribution in [0.1, 0.15) is 60.8 Å². The van der Waals surface area contributed by atoms with E-state index in [1.807, 2.05) is 0 Å². The second-order valence-electron chi connectivity index (χ2n) is 11.7. The molecule has 1 N–H and O–H groups in total. The lowest BCUT2D eigenvalue weighted by molar-refractivity contribution is 0.125. The van der Waals surface area contributed by atoms with Crippen LogP contribution in [0.4, 0.5) is 0 Å². The average molecular weight is 487 g/mol. The summed E-state index contributed by atoms with van der Waals surface area (Å²) in [5.41, 5.74) is 0. The van der Waals surface area contributed by atoms with Gasteiger partial charge in [-0.3, -0.25) is 0 Å². The first-order valence-electron chi connectivity index (χ1n) is 12.4. The van der Waals surface area contributed by atoms with E-state index in [-0.39, 0.29) is 22.8 Å². The van der Waals surface area contributed by atoms with Crippen LogP contribution >= 0.6 is 0 Å². The third kappa shape index (κ3) is 6.89. The zero-order valence-corrected chi connectivity index (χ0v) is 24.2. The minimum atomic E-state index is -2.54. The number of aliphatic hydroxyl groups excluding tert-OH is 1. The molecule has 0 fully saturated rings. The van der Waals surface area contributed by atoms with Crippen LogP contribution in [-0.2, 0) is 8.85 Å². The van der Waals surface area contributed by atoms with Gasteiger partial charge < -0.3 is 14.0 Å². The molecule has 0 saturated heterocycles. The molecule has 1 atom stereocenters. The largest absolute Gasteiger partial charge is 0.414 e. The van der Waals surface area contributed by atoms with Crippen LogP contribution in [0.25, 0.3) is 0 Å². The fourth-order valence-corrected chi connectivity index (χ4v) is 10.3. The summed E-state index contributed by atoms with van der Waals surface area (Å²) in [4.78, 5) is 0. The van der Waals surface area contributed by atoms with Crippen molar-refractivity contribution in [1.29, 1.82) is 0 Å². The van der Waals surface area contributed by atoms with Gasteiger partial charge in [-0.2, -0.15) is 0 Å². The van der Waals surface area contributed by atoms with Crippen molar-refractivity contribution < 1.29 is 14.0 Å². The Labute approximate surface area is 204 Å². The molecule has 0 aliphatic heterocycles. The third-order valence-electron chi connectivity index (χ3n) is 7.13. The van der Waals surface area contributed by atoms with Gasteiger partial charge in [-0.1, -0.05) is 102 Å². The Balaban J connectivity index is 2.35. The lowest BCUT2D eigenvalue weighted by Gasteiger charge is -2.44. The summed E-state index contributed by atoms with van der Waals surface area (Å²) in [5, 5.41) is 12.2. The second-order valence-corrected chi connectivity index (χ2v) is 20.7. The predicted octanol–water partition coefficient (Wildman–Crippen LogP) is 6.12. The van der Waals surface area contributed by atoms with Gasteiger partial charge in [0.15, 0.2) is 8.32 Å². The molecule has 0 aromatic heterocycles. The molecular weight excluding hydrogens is 440 g/mol. The summed E-state index contributed by atoms with van der Waals surface area (Å²) in [7, 11) is -4.44. The average Bonchev–Trinajstić information content (AvgIpc) is 2.74. The number of hydrogen-bond acceptors (Lipinski definition) is 3. The van der Waals surface area contributed by atoms with E-state index in [0.29, 0.717) is 6.61 Å². The van der Waals surface area contributed by atoms with E-state index in [1.165, 1.54) is 10.4 Å². The highest BCUT2D eigenvalue weighted by molar-refractivity contribution is 6.99. The molecule has 0 radical (unpaired) electrons. The first-order valence-corrected chi connectivity index (χ1v) is 17.2. The van der Waals surface area contributed by atoms with E-state index >= 15 is 0 Å². The molecule has 0 bridgehead atoms. The van der Waals surface area contributed by atoms with E-state index < -0.39 is 16.6 Å². The zero-order valence-electron chi connectivity index (χ0n) is 22.2. The van der Waals surface area contributed by atoms with Crippen LogP contribution in [0.2, 0.25) is 23.2 Å². The molecule has 5 heteroatoms. The van der Waals surface area contributed by atoms with Crippen molar-refractivity contribution in [3.05, 3.63) is 60.7 Å². The molecule has 3 nitrogen and oxygen atoms in total. The lowest BCUT2D eigenvalue weighted by atomic mass is 10.1. The smallest absolute Gasteiger partial charge is 0.261 e. The van der Waals surface area contributed by atoms with Crippen molar-refractivity contribution in [2.45, 2.75) is 90.1 Å². The van der Waals surface area contributed by atoms with Gasteiger partial charge in [-0.15, -0.1) is 0 Å². The molecular formula is C28H46O3Si2. The fraction of sp³-hybridized carbons (Fsp3) is 0.571. The van der Waals surface area contributed by atoms with E-state index in [4.69, 9.17) is 8.85 Å². The molecule has 2 rings (SSSR count). The number of rotatable bonds is 11. The normalized spacial score (nSPS) is 14.3.